The van der Waals surface area contributed by atoms with Gasteiger partial charge in [0, 0.05) is 39.3 Å². The number of carbonyl (C=O) groups excluding carboxylic acids is 3. The lowest BCUT2D eigenvalue weighted by Crippen LogP contribution is -2.33. The number of nitrogens with one attached hydrogen (secondary N) is 3. The average Bonchev–Trinajstić information content (AvgIpc) is 2.83. The van der Waals surface area contributed by atoms with Crippen molar-refractivity contribution in [2.45, 2.75) is 19.3 Å². The molecule has 0 saturated carbocycles. The van der Waals surface area contributed by atoms with Crippen molar-refractivity contribution < 1.29 is 39.6 Å². The lowest BCUT2D eigenvalue weighted by molar-refractivity contribution is -0.136. The van der Waals surface area contributed by atoms with E-state index in [0.717, 1.165) is 4.57 Å². The van der Waals surface area contributed by atoms with Crippen LogP contribution in [0.5, 0.6) is 17.2 Å². The van der Waals surface area contributed by atoms with Gasteiger partial charge in [-0.15, -0.1) is 0 Å². The summed E-state index contributed by atoms with van der Waals surface area (Å²) in [5, 5.41) is 46.5. The molecule has 0 bridgehead atoms. The summed E-state index contributed by atoms with van der Waals surface area (Å²) in [5.41, 5.74) is -1.26. The Morgan fingerprint density at radius 3 is 2.03 bits per heavy atom. The molecule has 0 radical (unpaired) electrons. The van der Waals surface area contributed by atoms with E-state index in [1.165, 1.54) is 31.4 Å². The Labute approximate surface area is 205 Å². The van der Waals surface area contributed by atoms with Crippen molar-refractivity contribution in [3.05, 3.63) is 51.4 Å². The van der Waals surface area contributed by atoms with Crippen LogP contribution in [0.25, 0.3) is 0 Å². The highest BCUT2D eigenvalue weighted by molar-refractivity contribution is 6.03. The quantitative estimate of drug-likeness (QED) is 0.107. The second-order valence-corrected chi connectivity index (χ2v) is 7.78. The van der Waals surface area contributed by atoms with Crippen LogP contribution < -0.4 is 21.5 Å². The van der Waals surface area contributed by atoms with E-state index < -0.39 is 46.4 Å². The van der Waals surface area contributed by atoms with Crippen LogP contribution in [0.3, 0.4) is 0 Å². The first-order valence-corrected chi connectivity index (χ1v) is 11.0. The van der Waals surface area contributed by atoms with Crippen LogP contribution in [0.4, 0.5) is 0 Å². The third-order valence-electron chi connectivity index (χ3n) is 5.15. The summed E-state index contributed by atoms with van der Waals surface area (Å²) >= 11 is 0. The molecule has 7 N–H and O–H groups in total. The van der Waals surface area contributed by atoms with Gasteiger partial charge in [-0.1, -0.05) is 0 Å². The molecule has 0 aliphatic heterocycles. The van der Waals surface area contributed by atoms with Crippen molar-refractivity contribution >= 4 is 23.6 Å². The molecule has 0 aliphatic carbocycles. The molecule has 0 aliphatic rings. The number of benzene rings is 1. The van der Waals surface area contributed by atoms with Gasteiger partial charge in [0.15, 0.2) is 23.0 Å². The molecule has 2 rings (SSSR count). The maximum atomic E-state index is 12.4. The molecule has 0 atom stereocenters. The lowest BCUT2D eigenvalue weighted by atomic mass is 10.0. The van der Waals surface area contributed by atoms with E-state index in [-0.39, 0.29) is 42.6 Å². The maximum absolute atomic E-state index is 12.4. The zero-order valence-corrected chi connectivity index (χ0v) is 19.5. The van der Waals surface area contributed by atoms with Crippen LogP contribution in [0.1, 0.15) is 50.3 Å². The Kier molecular flexibility index (Phi) is 9.98. The van der Waals surface area contributed by atoms with Gasteiger partial charge in [-0.2, -0.15) is 0 Å². The number of rotatable bonds is 13. The standard InChI is InChI=1S/C23H28N4O9/c1-27-12-7-15(20(33)23(27)36)22(35)26-11-10-24-8-2-3-16(28)13-4-5-14(19(32)18(13)31)21(34)25-9-6-17(29)30/h4-5,7,12,24,31-33H,2-3,6,8-11H2,1H3,(H,25,34)(H,26,35)(H,29,30). The minimum absolute atomic E-state index is 0.0255. The number of hydrogen-bond acceptors (Lipinski definition) is 9. The summed E-state index contributed by atoms with van der Waals surface area (Å²) in [6, 6.07) is 3.70. The number of carboxylic acid groups (broad SMARTS) is 1. The van der Waals surface area contributed by atoms with Crippen LogP contribution in [0, 0.1) is 0 Å². The summed E-state index contributed by atoms with van der Waals surface area (Å²) in [5.74, 6) is -5.10. The van der Waals surface area contributed by atoms with Gasteiger partial charge in [0.2, 0.25) is 0 Å². The van der Waals surface area contributed by atoms with Gasteiger partial charge >= 0.3 is 5.97 Å². The smallest absolute Gasteiger partial charge is 0.305 e. The largest absolute Gasteiger partial charge is 0.504 e. The highest BCUT2D eigenvalue weighted by atomic mass is 16.4. The topological polar surface area (TPSA) is 207 Å². The number of nitrogens with zero attached hydrogens (tertiary/aromatic N) is 1. The number of hydrogen-bond donors (Lipinski definition) is 7. The minimum Gasteiger partial charge on any atom is -0.504 e. The first kappa shape index (κ1) is 27.9. The SMILES string of the molecule is Cn1ccc(C(=O)NCCNCCCC(=O)c2ccc(C(=O)NCCC(=O)O)c(O)c2O)c(O)c1=O. The van der Waals surface area contributed by atoms with Crippen LogP contribution >= 0.6 is 0 Å². The molecule has 2 amide bonds. The molecular formula is C23H28N4O9. The molecule has 0 spiro atoms. The summed E-state index contributed by atoms with van der Waals surface area (Å²) in [6.07, 6.45) is 1.46. The van der Waals surface area contributed by atoms with Crippen molar-refractivity contribution in [2.75, 3.05) is 26.2 Å². The van der Waals surface area contributed by atoms with Crippen molar-refractivity contribution in [2.24, 2.45) is 7.05 Å². The van der Waals surface area contributed by atoms with E-state index in [2.05, 4.69) is 16.0 Å². The number of ketones is 1. The molecule has 13 nitrogen and oxygen atoms in total. The van der Waals surface area contributed by atoms with Gasteiger partial charge in [0.1, 0.15) is 0 Å². The second kappa shape index (κ2) is 12.9. The molecule has 13 heteroatoms. The van der Waals surface area contributed by atoms with Gasteiger partial charge in [-0.3, -0.25) is 24.0 Å². The molecule has 36 heavy (non-hydrogen) atoms. The third kappa shape index (κ3) is 7.30. The molecule has 0 unspecified atom stereocenters. The molecule has 1 aromatic heterocycles. The number of carboxylic acids is 1. The van der Waals surface area contributed by atoms with E-state index in [0.29, 0.717) is 19.5 Å². The number of phenolic OH excluding ortho intramolecular Hbond substituents is 2. The minimum atomic E-state index is -1.11. The van der Waals surface area contributed by atoms with Crippen LogP contribution in [-0.2, 0) is 11.8 Å². The van der Waals surface area contributed by atoms with Crippen molar-refractivity contribution in [3.8, 4) is 17.2 Å². The van der Waals surface area contributed by atoms with E-state index >= 15 is 0 Å². The number of aromatic hydroxyl groups is 3. The fraction of sp³-hybridized carbons (Fsp3) is 0.348. The number of phenols is 2. The Bertz CT molecular complexity index is 1210. The summed E-state index contributed by atoms with van der Waals surface area (Å²) in [6.45, 7) is 0.783. The van der Waals surface area contributed by atoms with Crippen molar-refractivity contribution in [1.29, 1.82) is 0 Å². The van der Waals surface area contributed by atoms with Crippen LogP contribution in [0.15, 0.2) is 29.2 Å². The number of carbonyl (C=O) groups is 4. The Morgan fingerprint density at radius 1 is 0.778 bits per heavy atom. The number of pyridine rings is 1. The number of aromatic nitrogens is 1. The first-order valence-electron chi connectivity index (χ1n) is 11.0. The number of aryl methyl sites for hydroxylation is 1. The molecule has 0 saturated heterocycles. The van der Waals surface area contributed by atoms with Gasteiger partial charge in [-0.25, -0.2) is 0 Å². The predicted molar refractivity (Wildman–Crippen MR) is 126 cm³/mol. The zero-order valence-electron chi connectivity index (χ0n) is 19.5. The van der Waals surface area contributed by atoms with E-state index in [4.69, 9.17) is 5.11 Å². The first-order chi connectivity index (χ1) is 17.0. The molecule has 0 fully saturated rings. The molecule has 1 aromatic carbocycles. The van der Waals surface area contributed by atoms with Crippen molar-refractivity contribution in [3.63, 3.8) is 0 Å². The summed E-state index contributed by atoms with van der Waals surface area (Å²) in [4.78, 5) is 58.7. The number of aliphatic carboxylic acids is 1. The molecule has 2 aromatic rings. The highest BCUT2D eigenvalue weighted by Gasteiger charge is 2.21. The molecular weight excluding hydrogens is 476 g/mol. The number of Topliss-reactive ketones (excluding diaryl/α,β-unsaturated/α-hetero) is 1. The van der Waals surface area contributed by atoms with Gasteiger partial charge in [0.25, 0.3) is 17.4 Å². The fourth-order valence-electron chi connectivity index (χ4n) is 3.16. The van der Waals surface area contributed by atoms with Crippen LogP contribution in [-0.4, -0.2) is 74.7 Å². The van der Waals surface area contributed by atoms with Gasteiger partial charge in [-0.05, 0) is 31.2 Å². The third-order valence-corrected chi connectivity index (χ3v) is 5.15. The van der Waals surface area contributed by atoms with Gasteiger partial charge < -0.3 is 40.9 Å². The predicted octanol–water partition coefficient (Wildman–Crippen LogP) is -0.311. The lowest BCUT2D eigenvalue weighted by Gasteiger charge is -2.11. The van der Waals surface area contributed by atoms with E-state index in [1.807, 2.05) is 0 Å². The zero-order chi connectivity index (χ0) is 26.8. The van der Waals surface area contributed by atoms with Crippen molar-refractivity contribution in [1.82, 2.24) is 20.5 Å². The average molecular weight is 504 g/mol. The normalized spacial score (nSPS) is 10.6. The highest BCUT2D eigenvalue weighted by Crippen LogP contribution is 2.33. The Balaban J connectivity index is 1.75. The molecule has 1 heterocycles. The van der Waals surface area contributed by atoms with E-state index in [9.17, 15) is 39.3 Å². The molecule has 194 valence electrons. The monoisotopic (exact) mass is 504 g/mol. The number of amides is 2. The van der Waals surface area contributed by atoms with Gasteiger partial charge in [0.05, 0.1) is 23.1 Å². The summed E-state index contributed by atoms with van der Waals surface area (Å²) < 4.78 is 1.15. The fourth-order valence-corrected chi connectivity index (χ4v) is 3.16. The Morgan fingerprint density at radius 2 is 1.36 bits per heavy atom. The maximum Gasteiger partial charge on any atom is 0.305 e. The van der Waals surface area contributed by atoms with E-state index in [1.54, 1.807) is 0 Å². The Hall–Kier alpha value is -4.39. The summed E-state index contributed by atoms with van der Waals surface area (Å²) in [7, 11) is 1.45. The van der Waals surface area contributed by atoms with Crippen LogP contribution in [0.2, 0.25) is 0 Å². The second-order valence-electron chi connectivity index (χ2n) is 7.78.